The largest absolute Gasteiger partial charge is 0.382 e. The SMILES string of the molecule is CC(=O)N1CCC(c2nnc(-c3cnc(-c4ccc5cc(C#N)cnn45)cc3NC(C)C)s2)CC1. The minimum Gasteiger partial charge on any atom is -0.382 e. The molecule has 0 aliphatic carbocycles. The van der Waals surface area contributed by atoms with Crippen LogP contribution in [-0.2, 0) is 4.79 Å². The fraction of sp³-hybridized carbons (Fsp3) is 0.360. The minimum atomic E-state index is 0.133. The molecule has 5 heterocycles. The molecule has 1 aliphatic heterocycles. The monoisotopic (exact) mass is 486 g/mol. The summed E-state index contributed by atoms with van der Waals surface area (Å²) in [5, 5.41) is 28.0. The summed E-state index contributed by atoms with van der Waals surface area (Å²) in [6.07, 6.45) is 5.21. The predicted octanol–water partition coefficient (Wildman–Crippen LogP) is 4.33. The maximum Gasteiger partial charge on any atom is 0.219 e. The zero-order valence-corrected chi connectivity index (χ0v) is 20.7. The fourth-order valence-corrected chi connectivity index (χ4v) is 5.44. The molecule has 178 valence electrons. The number of nitrogens with zero attached hydrogens (tertiary/aromatic N) is 7. The van der Waals surface area contributed by atoms with E-state index in [1.165, 1.54) is 0 Å². The first-order chi connectivity index (χ1) is 16.9. The number of piperidine rings is 1. The number of anilines is 1. The van der Waals surface area contributed by atoms with Crippen LogP contribution in [0.5, 0.6) is 0 Å². The van der Waals surface area contributed by atoms with Crippen molar-refractivity contribution < 1.29 is 4.79 Å². The Morgan fingerprint density at radius 1 is 1.20 bits per heavy atom. The van der Waals surface area contributed by atoms with Crippen LogP contribution >= 0.6 is 11.3 Å². The van der Waals surface area contributed by atoms with Crippen molar-refractivity contribution in [2.75, 3.05) is 18.4 Å². The van der Waals surface area contributed by atoms with Gasteiger partial charge in [-0.05, 0) is 51.0 Å². The van der Waals surface area contributed by atoms with Crippen molar-refractivity contribution in [3.8, 4) is 28.0 Å². The highest BCUT2D eigenvalue weighted by Crippen LogP contribution is 2.37. The first-order valence-corrected chi connectivity index (χ1v) is 12.5. The summed E-state index contributed by atoms with van der Waals surface area (Å²) in [6, 6.07) is 10.1. The third-order valence-electron chi connectivity index (χ3n) is 6.20. The van der Waals surface area contributed by atoms with Gasteiger partial charge in [-0.1, -0.05) is 11.3 Å². The molecule has 1 N–H and O–H groups in total. The summed E-state index contributed by atoms with van der Waals surface area (Å²) >= 11 is 1.60. The third kappa shape index (κ3) is 4.59. The molecule has 4 aromatic heterocycles. The lowest BCUT2D eigenvalue weighted by Gasteiger charge is -2.29. The number of hydrogen-bond donors (Lipinski definition) is 1. The zero-order chi connectivity index (χ0) is 24.5. The summed E-state index contributed by atoms with van der Waals surface area (Å²) < 4.78 is 1.79. The van der Waals surface area contributed by atoms with Crippen molar-refractivity contribution in [1.82, 2.24) is 29.7 Å². The van der Waals surface area contributed by atoms with Crippen LogP contribution in [0.25, 0.3) is 27.5 Å². The molecule has 0 atom stereocenters. The summed E-state index contributed by atoms with van der Waals surface area (Å²) in [5.41, 5.74) is 4.82. The summed E-state index contributed by atoms with van der Waals surface area (Å²) in [4.78, 5) is 18.3. The number of carbonyl (C=O) groups excluding carboxylic acids is 1. The molecule has 9 nitrogen and oxygen atoms in total. The van der Waals surface area contributed by atoms with E-state index in [-0.39, 0.29) is 11.9 Å². The van der Waals surface area contributed by atoms with Crippen molar-refractivity contribution in [2.45, 2.75) is 45.6 Å². The van der Waals surface area contributed by atoms with Gasteiger partial charge in [-0.2, -0.15) is 10.4 Å². The highest BCUT2D eigenvalue weighted by atomic mass is 32.1. The molecular formula is C25H26N8OS. The van der Waals surface area contributed by atoms with E-state index in [9.17, 15) is 4.79 Å². The standard InChI is InChI=1S/C25H26N8OS/c1-15(2)29-21-11-22(23-5-4-19-10-17(12-26)13-28-33(19)23)27-14-20(21)25-31-30-24(35-25)18-6-8-32(9-7-18)16(3)34/h4-5,10-11,13-15,18H,6-9H2,1-3H3,(H,27,29). The second kappa shape index (κ2) is 9.43. The van der Waals surface area contributed by atoms with Crippen molar-refractivity contribution in [1.29, 1.82) is 5.26 Å². The summed E-state index contributed by atoms with van der Waals surface area (Å²) in [7, 11) is 0. The van der Waals surface area contributed by atoms with E-state index in [4.69, 9.17) is 10.2 Å². The van der Waals surface area contributed by atoms with Gasteiger partial charge in [-0.15, -0.1) is 10.2 Å². The Bertz CT molecular complexity index is 1430. The number of pyridine rings is 1. The van der Waals surface area contributed by atoms with Gasteiger partial charge >= 0.3 is 0 Å². The molecule has 10 heteroatoms. The van der Waals surface area contributed by atoms with Gasteiger partial charge in [0.15, 0.2) is 5.01 Å². The molecule has 35 heavy (non-hydrogen) atoms. The molecule has 1 amide bonds. The molecule has 0 unspecified atom stereocenters. The molecule has 1 fully saturated rings. The smallest absolute Gasteiger partial charge is 0.219 e. The molecule has 0 bridgehead atoms. The lowest BCUT2D eigenvalue weighted by atomic mass is 9.98. The average molecular weight is 487 g/mol. The molecule has 0 saturated carbocycles. The van der Waals surface area contributed by atoms with Gasteiger partial charge in [0.2, 0.25) is 5.91 Å². The Labute approximate surface area is 207 Å². The maximum absolute atomic E-state index is 11.6. The predicted molar refractivity (Wildman–Crippen MR) is 135 cm³/mol. The quantitative estimate of drug-likeness (QED) is 0.447. The Morgan fingerprint density at radius 3 is 2.71 bits per heavy atom. The Hall–Kier alpha value is -3.84. The molecular weight excluding hydrogens is 460 g/mol. The lowest BCUT2D eigenvalue weighted by Crippen LogP contribution is -2.36. The van der Waals surface area contributed by atoms with Gasteiger partial charge in [0.05, 0.1) is 34.2 Å². The highest BCUT2D eigenvalue weighted by Gasteiger charge is 2.25. The Kier molecular flexibility index (Phi) is 6.17. The minimum absolute atomic E-state index is 0.133. The molecule has 4 aromatic rings. The van der Waals surface area contributed by atoms with Crippen molar-refractivity contribution >= 4 is 28.4 Å². The molecule has 1 saturated heterocycles. The van der Waals surface area contributed by atoms with Gasteiger partial charge in [0.25, 0.3) is 0 Å². The van der Waals surface area contributed by atoms with Gasteiger partial charge < -0.3 is 10.2 Å². The fourth-order valence-electron chi connectivity index (χ4n) is 4.40. The van der Waals surface area contributed by atoms with E-state index >= 15 is 0 Å². The van der Waals surface area contributed by atoms with Crippen LogP contribution < -0.4 is 5.32 Å². The normalized spacial score (nSPS) is 14.4. The summed E-state index contributed by atoms with van der Waals surface area (Å²) in [6.45, 7) is 7.34. The molecule has 5 rings (SSSR count). The van der Waals surface area contributed by atoms with Crippen molar-refractivity contribution in [2.24, 2.45) is 0 Å². The van der Waals surface area contributed by atoms with Gasteiger partial charge in [-0.25, -0.2) is 4.52 Å². The van der Waals surface area contributed by atoms with Crippen LogP contribution in [0, 0.1) is 11.3 Å². The van der Waals surface area contributed by atoms with Crippen LogP contribution in [0.3, 0.4) is 0 Å². The van der Waals surface area contributed by atoms with Crippen LogP contribution in [0.4, 0.5) is 5.69 Å². The number of nitriles is 1. The number of rotatable bonds is 5. The number of carbonyl (C=O) groups is 1. The third-order valence-corrected chi connectivity index (χ3v) is 7.32. The van der Waals surface area contributed by atoms with Gasteiger partial charge in [0.1, 0.15) is 11.1 Å². The van der Waals surface area contributed by atoms with E-state index in [1.54, 1.807) is 29.0 Å². The Balaban J connectivity index is 1.46. The number of fused-ring (bicyclic) bond motifs is 1. The van der Waals surface area contributed by atoms with E-state index in [1.807, 2.05) is 35.4 Å². The topological polar surface area (TPSA) is 112 Å². The first-order valence-electron chi connectivity index (χ1n) is 11.7. The summed E-state index contributed by atoms with van der Waals surface area (Å²) in [5.74, 6) is 0.454. The number of hydrogen-bond acceptors (Lipinski definition) is 8. The Morgan fingerprint density at radius 2 is 2.00 bits per heavy atom. The maximum atomic E-state index is 11.6. The second-order valence-corrected chi connectivity index (χ2v) is 10.1. The second-order valence-electron chi connectivity index (χ2n) is 9.05. The molecule has 1 aliphatic rings. The van der Waals surface area contributed by atoms with Gasteiger partial charge in [0, 0.05) is 43.9 Å². The molecule has 0 aromatic carbocycles. The van der Waals surface area contributed by atoms with Crippen LogP contribution in [-0.4, -0.2) is 54.7 Å². The van der Waals surface area contributed by atoms with Crippen molar-refractivity contribution in [3.05, 3.63) is 47.2 Å². The average Bonchev–Trinajstić information content (AvgIpc) is 3.51. The number of nitrogens with one attached hydrogen (secondary N) is 1. The number of aromatic nitrogens is 5. The van der Waals surface area contributed by atoms with Crippen LogP contribution in [0.1, 0.15) is 50.1 Å². The molecule has 0 radical (unpaired) electrons. The molecule has 0 spiro atoms. The van der Waals surface area contributed by atoms with E-state index in [0.717, 1.165) is 64.1 Å². The van der Waals surface area contributed by atoms with Crippen LogP contribution in [0.15, 0.2) is 36.7 Å². The van der Waals surface area contributed by atoms with Crippen LogP contribution in [0.2, 0.25) is 0 Å². The number of amides is 1. The van der Waals surface area contributed by atoms with Crippen molar-refractivity contribution in [3.63, 3.8) is 0 Å². The first kappa shape index (κ1) is 22.9. The van der Waals surface area contributed by atoms with E-state index in [2.05, 4.69) is 40.5 Å². The van der Waals surface area contributed by atoms with E-state index < -0.39 is 0 Å². The van der Waals surface area contributed by atoms with Gasteiger partial charge in [-0.3, -0.25) is 9.78 Å². The highest BCUT2D eigenvalue weighted by molar-refractivity contribution is 7.14. The number of likely N-dealkylation sites (tertiary alicyclic amines) is 1. The lowest BCUT2D eigenvalue weighted by molar-refractivity contribution is -0.129. The van der Waals surface area contributed by atoms with E-state index in [0.29, 0.717) is 11.5 Å². The zero-order valence-electron chi connectivity index (χ0n) is 19.9.